The van der Waals surface area contributed by atoms with E-state index in [-0.39, 0.29) is 5.82 Å². The monoisotopic (exact) mass is 278 g/mol. The molecule has 4 nitrogen and oxygen atoms in total. The Kier molecular flexibility index (Phi) is 3.13. The fraction of sp³-hybridized carbons (Fsp3) is 0. The number of hydrogen-bond donors (Lipinski definition) is 1. The molecule has 1 heterocycles. The third-order valence-corrected chi connectivity index (χ3v) is 3.08. The molecule has 0 saturated heterocycles. The first-order valence-electron chi connectivity index (χ1n) is 6.29. The highest BCUT2D eigenvalue weighted by molar-refractivity contribution is 5.63. The molecule has 0 bridgehead atoms. The topological polar surface area (TPSA) is 67.6 Å². The maximum atomic E-state index is 13.3. The van der Waals surface area contributed by atoms with Crippen LogP contribution in [-0.4, -0.2) is 9.78 Å². The summed E-state index contributed by atoms with van der Waals surface area (Å²) in [5.74, 6) is 0.0939. The Balaban J connectivity index is 2.08. The van der Waals surface area contributed by atoms with E-state index in [0.29, 0.717) is 28.3 Å². The highest BCUT2D eigenvalue weighted by atomic mass is 19.1. The number of halogens is 1. The maximum Gasteiger partial charge on any atom is 0.127 e. The van der Waals surface area contributed by atoms with Crippen LogP contribution >= 0.6 is 0 Å². The van der Waals surface area contributed by atoms with Crippen molar-refractivity contribution in [2.24, 2.45) is 0 Å². The number of nitrogens with zero attached hydrogens (tertiary/aromatic N) is 3. The van der Waals surface area contributed by atoms with Gasteiger partial charge in [-0.25, -0.2) is 9.07 Å². The van der Waals surface area contributed by atoms with Crippen molar-refractivity contribution >= 4 is 5.82 Å². The van der Waals surface area contributed by atoms with Crippen molar-refractivity contribution in [3.63, 3.8) is 0 Å². The van der Waals surface area contributed by atoms with E-state index in [2.05, 4.69) is 11.2 Å². The van der Waals surface area contributed by atoms with Crippen LogP contribution in [0.1, 0.15) is 5.56 Å². The minimum atomic E-state index is -0.327. The predicted octanol–water partition coefficient (Wildman–Crippen LogP) is 3.13. The lowest BCUT2D eigenvalue weighted by molar-refractivity contribution is 0.628. The number of aromatic nitrogens is 2. The molecule has 102 valence electrons. The molecule has 0 amide bonds. The lowest BCUT2D eigenvalue weighted by Gasteiger charge is -2.03. The van der Waals surface area contributed by atoms with E-state index in [1.54, 1.807) is 42.5 Å². The predicted molar refractivity (Wildman–Crippen MR) is 78.1 cm³/mol. The van der Waals surface area contributed by atoms with Gasteiger partial charge in [0.05, 0.1) is 23.0 Å². The number of hydrogen-bond acceptors (Lipinski definition) is 3. The molecule has 3 aromatic rings. The van der Waals surface area contributed by atoms with Crippen LogP contribution in [0.15, 0.2) is 54.6 Å². The summed E-state index contributed by atoms with van der Waals surface area (Å²) in [6.45, 7) is 0. The van der Waals surface area contributed by atoms with Gasteiger partial charge in [-0.2, -0.15) is 10.4 Å². The molecule has 0 fully saturated rings. The molecular formula is C16H11FN4. The summed E-state index contributed by atoms with van der Waals surface area (Å²) in [6, 6.07) is 16.9. The van der Waals surface area contributed by atoms with E-state index in [1.807, 2.05) is 0 Å². The van der Waals surface area contributed by atoms with E-state index in [1.165, 1.54) is 16.8 Å². The molecule has 0 unspecified atom stereocenters. The first-order chi connectivity index (χ1) is 10.2. The number of rotatable bonds is 2. The summed E-state index contributed by atoms with van der Waals surface area (Å²) < 4.78 is 14.8. The molecule has 2 aromatic carbocycles. The van der Waals surface area contributed by atoms with Crippen LogP contribution in [0.3, 0.4) is 0 Å². The fourth-order valence-electron chi connectivity index (χ4n) is 2.10. The Hall–Kier alpha value is -3.13. The molecule has 0 saturated carbocycles. The molecule has 0 atom stereocenters. The van der Waals surface area contributed by atoms with E-state index in [9.17, 15) is 4.39 Å². The molecule has 0 aliphatic heterocycles. The zero-order valence-corrected chi connectivity index (χ0v) is 11.0. The highest BCUT2D eigenvalue weighted by Gasteiger charge is 2.09. The Morgan fingerprint density at radius 1 is 1.10 bits per heavy atom. The second-order valence-electron chi connectivity index (χ2n) is 4.54. The number of nitrogen functional groups attached to an aromatic ring is 1. The second-order valence-corrected chi connectivity index (χ2v) is 4.54. The third kappa shape index (κ3) is 2.47. The average Bonchev–Trinajstić information content (AvgIpc) is 2.89. The van der Waals surface area contributed by atoms with Crippen molar-refractivity contribution in [2.75, 3.05) is 5.73 Å². The molecule has 0 aliphatic carbocycles. The van der Waals surface area contributed by atoms with Crippen LogP contribution in [0.5, 0.6) is 0 Å². The van der Waals surface area contributed by atoms with E-state index >= 15 is 0 Å². The van der Waals surface area contributed by atoms with Crippen molar-refractivity contribution in [3.05, 3.63) is 66.0 Å². The van der Waals surface area contributed by atoms with Crippen LogP contribution in [0.25, 0.3) is 16.9 Å². The van der Waals surface area contributed by atoms with Gasteiger partial charge in [-0.1, -0.05) is 18.2 Å². The molecule has 21 heavy (non-hydrogen) atoms. The van der Waals surface area contributed by atoms with Gasteiger partial charge in [0.1, 0.15) is 11.6 Å². The number of nitrogens with two attached hydrogens (primary N) is 1. The van der Waals surface area contributed by atoms with Crippen molar-refractivity contribution in [1.29, 1.82) is 5.26 Å². The van der Waals surface area contributed by atoms with Gasteiger partial charge in [-0.3, -0.25) is 0 Å². The lowest BCUT2D eigenvalue weighted by atomic mass is 10.1. The van der Waals surface area contributed by atoms with Gasteiger partial charge < -0.3 is 5.73 Å². The first kappa shape index (κ1) is 12.9. The number of nitriles is 1. The van der Waals surface area contributed by atoms with Crippen LogP contribution in [0, 0.1) is 17.1 Å². The van der Waals surface area contributed by atoms with E-state index in [0.717, 1.165) is 0 Å². The molecule has 1 aromatic heterocycles. The Bertz CT molecular complexity index is 845. The zero-order chi connectivity index (χ0) is 14.8. The SMILES string of the molecule is N#Cc1cccc(-n2nc(-c3cccc(F)c3)cc2N)c1. The highest BCUT2D eigenvalue weighted by Crippen LogP contribution is 2.23. The molecule has 3 rings (SSSR count). The smallest absolute Gasteiger partial charge is 0.127 e. The molecule has 0 spiro atoms. The van der Waals surface area contributed by atoms with Crippen molar-refractivity contribution < 1.29 is 4.39 Å². The molecule has 0 radical (unpaired) electrons. The maximum absolute atomic E-state index is 13.3. The van der Waals surface area contributed by atoms with Gasteiger partial charge in [0.25, 0.3) is 0 Å². The van der Waals surface area contributed by atoms with Crippen LogP contribution in [0.2, 0.25) is 0 Å². The van der Waals surface area contributed by atoms with Crippen molar-refractivity contribution in [1.82, 2.24) is 9.78 Å². The lowest BCUT2D eigenvalue weighted by Crippen LogP contribution is -2.01. The summed E-state index contributed by atoms with van der Waals surface area (Å²) in [6.07, 6.45) is 0. The minimum absolute atomic E-state index is 0.327. The van der Waals surface area contributed by atoms with E-state index < -0.39 is 0 Å². The van der Waals surface area contributed by atoms with E-state index in [4.69, 9.17) is 11.0 Å². The standard InChI is InChI=1S/C16H11FN4/c17-13-5-2-4-12(8-13)15-9-16(19)21(20-15)14-6-1-3-11(7-14)10-18/h1-9H,19H2. The van der Waals surface area contributed by atoms with Gasteiger partial charge in [0, 0.05) is 11.6 Å². The summed E-state index contributed by atoms with van der Waals surface area (Å²) in [5.41, 5.74) is 8.40. The Morgan fingerprint density at radius 3 is 2.67 bits per heavy atom. The Labute approximate surface area is 120 Å². The summed E-state index contributed by atoms with van der Waals surface area (Å²) in [5, 5.41) is 13.3. The quantitative estimate of drug-likeness (QED) is 0.783. The molecule has 5 heteroatoms. The first-order valence-corrected chi connectivity index (χ1v) is 6.29. The second kappa shape index (κ2) is 5.10. The minimum Gasteiger partial charge on any atom is -0.384 e. The number of anilines is 1. The normalized spacial score (nSPS) is 10.3. The van der Waals surface area contributed by atoms with Gasteiger partial charge in [0.2, 0.25) is 0 Å². The van der Waals surface area contributed by atoms with Gasteiger partial charge in [-0.05, 0) is 30.3 Å². The Morgan fingerprint density at radius 2 is 1.90 bits per heavy atom. The van der Waals surface area contributed by atoms with Gasteiger partial charge in [0.15, 0.2) is 0 Å². The van der Waals surface area contributed by atoms with Crippen molar-refractivity contribution in [2.45, 2.75) is 0 Å². The van der Waals surface area contributed by atoms with Crippen molar-refractivity contribution in [3.8, 4) is 23.0 Å². The summed E-state index contributed by atoms with van der Waals surface area (Å²) >= 11 is 0. The molecule has 0 aliphatic rings. The molecular weight excluding hydrogens is 267 g/mol. The summed E-state index contributed by atoms with van der Waals surface area (Å²) in [7, 11) is 0. The van der Waals surface area contributed by atoms with Gasteiger partial charge in [-0.15, -0.1) is 0 Å². The third-order valence-electron chi connectivity index (χ3n) is 3.08. The largest absolute Gasteiger partial charge is 0.384 e. The summed E-state index contributed by atoms with van der Waals surface area (Å²) in [4.78, 5) is 0. The van der Waals surface area contributed by atoms with Crippen LogP contribution < -0.4 is 5.73 Å². The van der Waals surface area contributed by atoms with Gasteiger partial charge >= 0.3 is 0 Å². The fourth-order valence-corrected chi connectivity index (χ4v) is 2.10. The van der Waals surface area contributed by atoms with Crippen LogP contribution in [0.4, 0.5) is 10.2 Å². The zero-order valence-electron chi connectivity index (χ0n) is 11.0. The molecule has 2 N–H and O–H groups in total. The van der Waals surface area contributed by atoms with Crippen LogP contribution in [-0.2, 0) is 0 Å². The number of benzene rings is 2. The average molecular weight is 278 g/mol.